The molecule has 4 rings (SSSR count). The van der Waals surface area contributed by atoms with Gasteiger partial charge in [0.05, 0.1) is 11.5 Å². The number of rotatable bonds is 5. The second-order valence-electron chi connectivity index (χ2n) is 11.0. The zero-order valence-electron chi connectivity index (χ0n) is 19.1. The predicted molar refractivity (Wildman–Crippen MR) is 119 cm³/mol. The molecule has 0 unspecified atom stereocenters. The zero-order chi connectivity index (χ0) is 20.5. The van der Waals surface area contributed by atoms with Crippen LogP contribution in [0, 0.1) is 34.5 Å². The smallest absolute Gasteiger partial charge is 0.192 e. The van der Waals surface area contributed by atoms with Gasteiger partial charge in [-0.15, -0.1) is 0 Å². The number of carbonyl (C=O) groups is 1. The van der Waals surface area contributed by atoms with Crippen LogP contribution in [0.15, 0.2) is 23.3 Å². The highest BCUT2D eigenvalue weighted by molar-refractivity contribution is 6.73. The first-order valence-corrected chi connectivity index (χ1v) is 14.3. The minimum atomic E-state index is -1.71. The monoisotopic (exact) mass is 400 g/mol. The molecule has 0 N–H and O–H groups in total. The Labute approximate surface area is 173 Å². The highest BCUT2D eigenvalue weighted by Gasteiger charge is 2.68. The van der Waals surface area contributed by atoms with Gasteiger partial charge >= 0.3 is 0 Å². The maximum Gasteiger partial charge on any atom is 0.192 e. The number of hydrogen-bond acceptors (Lipinski definition) is 2. The lowest BCUT2D eigenvalue weighted by atomic mass is 9.64. The Morgan fingerprint density at radius 2 is 1.79 bits per heavy atom. The molecule has 0 saturated heterocycles. The van der Waals surface area contributed by atoms with Crippen molar-refractivity contribution in [2.45, 2.75) is 92.0 Å². The second kappa shape index (κ2) is 6.67. The van der Waals surface area contributed by atoms with Gasteiger partial charge in [-0.05, 0) is 73.1 Å². The number of allylic oxidation sites excluding steroid dienone is 3. The van der Waals surface area contributed by atoms with Gasteiger partial charge in [-0.25, -0.2) is 0 Å². The van der Waals surface area contributed by atoms with E-state index in [-0.39, 0.29) is 17.4 Å². The van der Waals surface area contributed by atoms with Crippen LogP contribution >= 0.6 is 0 Å². The maximum absolute atomic E-state index is 14.1. The summed E-state index contributed by atoms with van der Waals surface area (Å²) in [5.41, 5.74) is 2.75. The van der Waals surface area contributed by atoms with Crippen LogP contribution < -0.4 is 0 Å². The molecule has 156 valence electrons. The molecule has 1 spiro atoms. The third kappa shape index (κ3) is 2.71. The molecular formula is C25H40O2Si. The van der Waals surface area contributed by atoms with Gasteiger partial charge in [0, 0.05) is 5.92 Å². The topological polar surface area (TPSA) is 26.3 Å². The van der Waals surface area contributed by atoms with Crippen LogP contribution in [0.1, 0.15) is 67.7 Å². The first-order chi connectivity index (χ1) is 13.1. The molecule has 0 heterocycles. The van der Waals surface area contributed by atoms with Crippen molar-refractivity contribution in [1.82, 2.24) is 0 Å². The quantitative estimate of drug-likeness (QED) is 0.490. The van der Waals surface area contributed by atoms with Crippen LogP contribution in [-0.4, -0.2) is 20.2 Å². The summed E-state index contributed by atoms with van der Waals surface area (Å²) in [6, 6.07) is 3.52. The minimum Gasteiger partial charge on any atom is -0.411 e. The zero-order valence-corrected chi connectivity index (χ0v) is 20.1. The van der Waals surface area contributed by atoms with Crippen LogP contribution in [0.2, 0.25) is 18.1 Å². The molecule has 0 aromatic heterocycles. The molecule has 4 aliphatic carbocycles. The van der Waals surface area contributed by atoms with E-state index in [1.54, 1.807) is 0 Å². The summed E-state index contributed by atoms with van der Waals surface area (Å²) >= 11 is 0. The van der Waals surface area contributed by atoms with E-state index in [2.05, 4.69) is 60.6 Å². The van der Waals surface area contributed by atoms with Gasteiger partial charge in [0.15, 0.2) is 8.32 Å². The average molecular weight is 401 g/mol. The average Bonchev–Trinajstić information content (AvgIpc) is 3.07. The SMILES string of the molecule is CC[Si](CC)(CC)O[C@@H]1C=C2C=C(C)C[C@@]23C(=O)[C@@H](C1)[C@H]1[C@@H](C[C@H]3C)C1(C)C. The predicted octanol–water partition coefficient (Wildman–Crippen LogP) is 6.54. The molecule has 4 aliphatic rings. The van der Waals surface area contributed by atoms with E-state index in [1.807, 2.05) is 0 Å². The van der Waals surface area contributed by atoms with E-state index in [9.17, 15) is 4.79 Å². The first-order valence-electron chi connectivity index (χ1n) is 11.8. The van der Waals surface area contributed by atoms with Crippen LogP contribution in [0.3, 0.4) is 0 Å². The van der Waals surface area contributed by atoms with E-state index in [0.717, 1.165) is 12.8 Å². The van der Waals surface area contributed by atoms with Gasteiger partial charge in [-0.2, -0.15) is 0 Å². The third-order valence-corrected chi connectivity index (χ3v) is 14.1. The van der Waals surface area contributed by atoms with Crippen LogP contribution in [-0.2, 0) is 9.22 Å². The van der Waals surface area contributed by atoms with Gasteiger partial charge in [-0.1, -0.05) is 59.3 Å². The third-order valence-electron chi connectivity index (χ3n) is 9.46. The maximum atomic E-state index is 14.1. The largest absolute Gasteiger partial charge is 0.411 e. The van der Waals surface area contributed by atoms with Gasteiger partial charge < -0.3 is 4.43 Å². The summed E-state index contributed by atoms with van der Waals surface area (Å²) in [6.45, 7) is 16.3. The van der Waals surface area contributed by atoms with Crippen molar-refractivity contribution in [1.29, 1.82) is 0 Å². The van der Waals surface area contributed by atoms with E-state index in [1.165, 1.54) is 35.7 Å². The summed E-state index contributed by atoms with van der Waals surface area (Å²) in [6.07, 6.45) is 7.94. The summed E-state index contributed by atoms with van der Waals surface area (Å²) in [7, 11) is -1.71. The fraction of sp³-hybridized carbons (Fsp3) is 0.800. The van der Waals surface area contributed by atoms with Crippen molar-refractivity contribution < 1.29 is 9.22 Å². The molecule has 2 nitrogen and oxygen atoms in total. The fourth-order valence-electron chi connectivity index (χ4n) is 7.40. The summed E-state index contributed by atoms with van der Waals surface area (Å²) in [5.74, 6) is 2.44. The minimum absolute atomic E-state index is 0.127. The molecule has 0 radical (unpaired) electrons. The highest BCUT2D eigenvalue weighted by atomic mass is 28.4. The Morgan fingerprint density at radius 3 is 2.39 bits per heavy atom. The number of fused-ring (bicyclic) bond motifs is 3. The van der Waals surface area contributed by atoms with Crippen molar-refractivity contribution >= 4 is 14.1 Å². The van der Waals surface area contributed by atoms with Crippen molar-refractivity contribution in [3.8, 4) is 0 Å². The van der Waals surface area contributed by atoms with Crippen molar-refractivity contribution in [2.24, 2.45) is 34.5 Å². The van der Waals surface area contributed by atoms with Gasteiger partial charge in [0.25, 0.3) is 0 Å². The molecule has 0 aromatic rings. The van der Waals surface area contributed by atoms with E-state index in [4.69, 9.17) is 4.43 Å². The normalized spacial score (nSPS) is 41.4. The number of Topliss-reactive ketones (excluding diaryl/α,β-unsaturated/α-hetero) is 1. The number of ketones is 1. The van der Waals surface area contributed by atoms with Crippen molar-refractivity contribution in [2.75, 3.05) is 0 Å². The molecule has 2 fully saturated rings. The van der Waals surface area contributed by atoms with Crippen LogP contribution in [0.5, 0.6) is 0 Å². The number of hydrogen-bond donors (Lipinski definition) is 0. The molecular weight excluding hydrogens is 360 g/mol. The lowest BCUT2D eigenvalue weighted by molar-refractivity contribution is -0.133. The molecule has 2 bridgehead atoms. The molecule has 0 amide bonds. The van der Waals surface area contributed by atoms with E-state index >= 15 is 0 Å². The standard InChI is InChI=1S/C25H40O2Si/c1-8-28(9-2,10-3)27-19-13-18-11-16(4)15-25(18)17(5)12-21-22(24(21,6)7)20(14-19)23(25)26/h11,13,17,19-22H,8-10,12,14-15H2,1-7H3/t17-,19-,20+,21-,22+,25+/m1/s1. The number of carbonyl (C=O) groups excluding carboxylic acids is 1. The van der Waals surface area contributed by atoms with Gasteiger partial charge in [0.1, 0.15) is 5.78 Å². The van der Waals surface area contributed by atoms with E-state index in [0.29, 0.717) is 29.0 Å². The lowest BCUT2D eigenvalue weighted by Crippen LogP contribution is -2.41. The fourth-order valence-corrected chi connectivity index (χ4v) is 10.2. The molecule has 3 heteroatoms. The molecule has 2 saturated carbocycles. The first kappa shape index (κ1) is 20.6. The summed E-state index contributed by atoms with van der Waals surface area (Å²) in [4.78, 5) is 14.1. The summed E-state index contributed by atoms with van der Waals surface area (Å²) in [5, 5.41) is 0. The Balaban J connectivity index is 1.78. The Bertz CT molecular complexity index is 721. The Kier molecular flexibility index (Phi) is 4.90. The second-order valence-corrected chi connectivity index (χ2v) is 15.7. The summed E-state index contributed by atoms with van der Waals surface area (Å²) < 4.78 is 7.00. The lowest BCUT2D eigenvalue weighted by Gasteiger charge is -2.37. The molecule has 0 aliphatic heterocycles. The Hall–Kier alpha value is -0.673. The molecule has 28 heavy (non-hydrogen) atoms. The molecule has 6 atom stereocenters. The van der Waals surface area contributed by atoms with Crippen molar-refractivity contribution in [3.05, 3.63) is 23.3 Å². The highest BCUT2D eigenvalue weighted by Crippen LogP contribution is 2.71. The Morgan fingerprint density at radius 1 is 1.14 bits per heavy atom. The van der Waals surface area contributed by atoms with Crippen molar-refractivity contribution in [3.63, 3.8) is 0 Å². The van der Waals surface area contributed by atoms with E-state index < -0.39 is 8.32 Å². The van der Waals surface area contributed by atoms with Gasteiger partial charge in [0.2, 0.25) is 0 Å². The van der Waals surface area contributed by atoms with Crippen LogP contribution in [0.25, 0.3) is 0 Å². The van der Waals surface area contributed by atoms with Crippen LogP contribution in [0.4, 0.5) is 0 Å². The van der Waals surface area contributed by atoms with Gasteiger partial charge in [-0.3, -0.25) is 4.79 Å². The molecule has 0 aromatic carbocycles.